The van der Waals surface area contributed by atoms with Crippen molar-refractivity contribution in [3.63, 3.8) is 0 Å². The van der Waals surface area contributed by atoms with Crippen molar-refractivity contribution in [2.45, 2.75) is 27.2 Å². The number of aromatic nitrogens is 2. The molecule has 0 radical (unpaired) electrons. The fraction of sp³-hybridized carbons (Fsp3) is 0.500. The summed E-state index contributed by atoms with van der Waals surface area (Å²) in [5, 5.41) is 16.0. The number of Topliss-reactive ketones (excluding diaryl/α,β-unsaturated/α-hetero) is 1. The van der Waals surface area contributed by atoms with Gasteiger partial charge in [-0.25, -0.2) is 0 Å². The van der Waals surface area contributed by atoms with Crippen LogP contribution in [0.5, 0.6) is 5.88 Å². The van der Waals surface area contributed by atoms with E-state index in [9.17, 15) is 4.79 Å². The van der Waals surface area contributed by atoms with Gasteiger partial charge < -0.3 is 9.84 Å². The first kappa shape index (κ1) is 14.1. The molecule has 5 nitrogen and oxygen atoms in total. The summed E-state index contributed by atoms with van der Waals surface area (Å²) in [6.07, 6.45) is 3.07. The number of ketones is 1. The van der Waals surface area contributed by atoms with Gasteiger partial charge in [0.25, 0.3) is 0 Å². The Bertz CT molecular complexity index is 660. The van der Waals surface area contributed by atoms with Crippen LogP contribution in [0.1, 0.15) is 33.0 Å². The molecule has 0 bridgehead atoms. The summed E-state index contributed by atoms with van der Waals surface area (Å²) < 4.78 is 5.40. The number of fused-ring (bicyclic) bond motifs is 1. The van der Waals surface area contributed by atoms with Crippen LogP contribution in [0, 0.1) is 18.8 Å². The highest BCUT2D eigenvalue weighted by Crippen LogP contribution is 2.54. The van der Waals surface area contributed by atoms with Gasteiger partial charge in [0.1, 0.15) is 6.61 Å². The number of ether oxygens (including phenoxy) is 1. The second kappa shape index (κ2) is 5.15. The SMILES string of the molecule is CC(=O)C1=CC(c2[nH]nc(OCCO)c2C)=C(C)C2CC12.[HH]. The summed E-state index contributed by atoms with van der Waals surface area (Å²) in [5.41, 5.74) is 5.11. The molecule has 2 unspecified atom stereocenters. The first-order chi connectivity index (χ1) is 10.0. The molecule has 1 fully saturated rings. The van der Waals surface area contributed by atoms with Gasteiger partial charge in [-0.2, -0.15) is 0 Å². The number of nitrogens with one attached hydrogen (secondary N) is 1. The number of hydrogen-bond acceptors (Lipinski definition) is 4. The van der Waals surface area contributed by atoms with Crippen LogP contribution in [-0.4, -0.2) is 34.3 Å². The van der Waals surface area contributed by atoms with E-state index in [1.165, 1.54) is 5.57 Å². The molecule has 0 saturated heterocycles. The van der Waals surface area contributed by atoms with Crippen molar-refractivity contribution in [3.8, 4) is 5.88 Å². The smallest absolute Gasteiger partial charge is 0.236 e. The predicted octanol–water partition coefficient (Wildman–Crippen LogP) is 2.27. The van der Waals surface area contributed by atoms with Crippen LogP contribution >= 0.6 is 0 Å². The third kappa shape index (κ3) is 2.31. The van der Waals surface area contributed by atoms with Crippen LogP contribution in [0.15, 0.2) is 17.2 Å². The maximum Gasteiger partial charge on any atom is 0.236 e. The first-order valence-corrected chi connectivity index (χ1v) is 7.26. The van der Waals surface area contributed by atoms with Gasteiger partial charge in [0, 0.05) is 6.99 Å². The van der Waals surface area contributed by atoms with E-state index in [2.05, 4.69) is 17.1 Å². The van der Waals surface area contributed by atoms with Gasteiger partial charge in [0.05, 0.1) is 12.3 Å². The Morgan fingerprint density at radius 1 is 1.52 bits per heavy atom. The Kier molecular flexibility index (Phi) is 3.45. The van der Waals surface area contributed by atoms with E-state index < -0.39 is 0 Å². The number of carbonyl (C=O) groups excluding carboxylic acids is 1. The molecular weight excluding hydrogens is 268 g/mol. The lowest BCUT2D eigenvalue weighted by Gasteiger charge is -2.15. The number of rotatable bonds is 5. The number of aliphatic hydroxyl groups excluding tert-OH is 1. The van der Waals surface area contributed by atoms with Gasteiger partial charge in [0.2, 0.25) is 5.88 Å². The van der Waals surface area contributed by atoms with Crippen LogP contribution in [0.25, 0.3) is 5.57 Å². The van der Waals surface area contributed by atoms with Crippen molar-refractivity contribution in [1.82, 2.24) is 10.2 Å². The lowest BCUT2D eigenvalue weighted by atomic mass is 9.89. The van der Waals surface area contributed by atoms with Crippen LogP contribution < -0.4 is 4.74 Å². The quantitative estimate of drug-likeness (QED) is 0.872. The Hall–Kier alpha value is -1.88. The summed E-state index contributed by atoms with van der Waals surface area (Å²) in [6, 6.07) is 0. The zero-order chi connectivity index (χ0) is 15.1. The lowest BCUT2D eigenvalue weighted by molar-refractivity contribution is -0.113. The first-order valence-electron chi connectivity index (χ1n) is 7.26. The van der Waals surface area contributed by atoms with E-state index in [1.54, 1.807) is 6.92 Å². The fourth-order valence-corrected chi connectivity index (χ4v) is 3.15. The molecule has 1 heterocycles. The molecule has 0 aromatic carbocycles. The molecule has 5 heteroatoms. The molecule has 1 aromatic heterocycles. The Morgan fingerprint density at radius 2 is 2.29 bits per heavy atom. The van der Waals surface area contributed by atoms with E-state index in [-0.39, 0.29) is 20.4 Å². The molecule has 0 aliphatic heterocycles. The van der Waals surface area contributed by atoms with Crippen molar-refractivity contribution in [3.05, 3.63) is 28.5 Å². The predicted molar refractivity (Wildman–Crippen MR) is 81.0 cm³/mol. The molecule has 2 atom stereocenters. The molecule has 1 saturated carbocycles. The zero-order valence-corrected chi connectivity index (χ0v) is 12.6. The number of hydrogen-bond donors (Lipinski definition) is 2. The van der Waals surface area contributed by atoms with Crippen molar-refractivity contribution in [2.24, 2.45) is 11.8 Å². The van der Waals surface area contributed by atoms with E-state index >= 15 is 0 Å². The van der Waals surface area contributed by atoms with Crippen LogP contribution in [-0.2, 0) is 4.79 Å². The molecule has 1 aromatic rings. The lowest BCUT2D eigenvalue weighted by Crippen LogP contribution is -2.07. The molecule has 0 spiro atoms. The van der Waals surface area contributed by atoms with Crippen LogP contribution in [0.2, 0.25) is 0 Å². The number of H-pyrrole nitrogens is 1. The average molecular weight is 290 g/mol. The second-order valence-electron chi connectivity index (χ2n) is 5.80. The van der Waals surface area contributed by atoms with Gasteiger partial charge in [-0.05, 0) is 56.3 Å². The summed E-state index contributed by atoms with van der Waals surface area (Å²) in [7, 11) is 0. The van der Waals surface area contributed by atoms with Gasteiger partial charge >= 0.3 is 0 Å². The molecule has 2 aliphatic rings. The number of carbonyl (C=O) groups is 1. The summed E-state index contributed by atoms with van der Waals surface area (Å²) in [5.74, 6) is 1.57. The maximum absolute atomic E-state index is 11.8. The second-order valence-corrected chi connectivity index (χ2v) is 5.80. The average Bonchev–Trinajstić information content (AvgIpc) is 3.17. The van der Waals surface area contributed by atoms with E-state index in [4.69, 9.17) is 9.84 Å². The molecule has 2 aliphatic carbocycles. The zero-order valence-electron chi connectivity index (χ0n) is 12.6. The number of allylic oxidation sites excluding steroid dienone is 4. The highest BCUT2D eigenvalue weighted by atomic mass is 16.5. The molecule has 114 valence electrons. The monoisotopic (exact) mass is 290 g/mol. The minimum Gasteiger partial charge on any atom is -0.474 e. The summed E-state index contributed by atoms with van der Waals surface area (Å²) in [6.45, 7) is 5.88. The Labute approximate surface area is 125 Å². The highest BCUT2D eigenvalue weighted by Gasteiger charge is 2.45. The number of aromatic amines is 1. The van der Waals surface area contributed by atoms with Gasteiger partial charge in [-0.3, -0.25) is 9.89 Å². The maximum atomic E-state index is 11.8. The third-order valence-electron chi connectivity index (χ3n) is 4.44. The minimum absolute atomic E-state index is 0. The normalized spacial score (nSPS) is 23.7. The molecular formula is C16H22N2O3. The number of nitrogens with zero attached hydrogens (tertiary/aromatic N) is 1. The summed E-state index contributed by atoms with van der Waals surface area (Å²) in [4.78, 5) is 11.8. The van der Waals surface area contributed by atoms with Crippen molar-refractivity contribution < 1.29 is 16.1 Å². The van der Waals surface area contributed by atoms with Crippen LogP contribution in [0.4, 0.5) is 0 Å². The van der Waals surface area contributed by atoms with Crippen LogP contribution in [0.3, 0.4) is 0 Å². The Morgan fingerprint density at radius 3 is 2.95 bits per heavy atom. The van der Waals surface area contributed by atoms with Crippen molar-refractivity contribution in [2.75, 3.05) is 13.2 Å². The fourth-order valence-electron chi connectivity index (χ4n) is 3.15. The molecule has 0 amide bonds. The third-order valence-corrected chi connectivity index (χ3v) is 4.44. The number of aliphatic hydroxyl groups is 1. The van der Waals surface area contributed by atoms with Gasteiger partial charge in [-0.15, -0.1) is 5.10 Å². The largest absolute Gasteiger partial charge is 0.474 e. The molecule has 3 rings (SSSR count). The summed E-state index contributed by atoms with van der Waals surface area (Å²) >= 11 is 0. The topological polar surface area (TPSA) is 75.2 Å². The van der Waals surface area contributed by atoms with Gasteiger partial charge in [0.15, 0.2) is 5.78 Å². The van der Waals surface area contributed by atoms with Crippen molar-refractivity contribution in [1.29, 1.82) is 0 Å². The Balaban J connectivity index is 0.00000176. The standard InChI is InChI=1S/C16H20N2O3.H2/c1-8-11-6-14(11)13(10(3)20)7-12(8)15-9(2)16(18-17-15)21-5-4-19;/h7,11,14,19H,4-6H2,1-3H3,(H,17,18);1H. The highest BCUT2D eigenvalue weighted by molar-refractivity contribution is 5.99. The molecule has 2 N–H and O–H groups in total. The van der Waals surface area contributed by atoms with E-state index in [0.717, 1.165) is 28.8 Å². The molecule has 21 heavy (non-hydrogen) atoms. The van der Waals surface area contributed by atoms with Gasteiger partial charge in [-0.1, -0.05) is 5.57 Å². The minimum atomic E-state index is -0.0402. The van der Waals surface area contributed by atoms with E-state index in [1.807, 2.05) is 13.0 Å². The van der Waals surface area contributed by atoms with E-state index in [0.29, 0.717) is 17.7 Å². The van der Waals surface area contributed by atoms with Crippen molar-refractivity contribution >= 4 is 11.4 Å².